The average Bonchev–Trinajstić information content (AvgIpc) is 3.28. The number of hydrogen-bond acceptors (Lipinski definition) is 2. The standard InChI is InChI=1S/C16H21ClN2O/c1-10-8-13(17)6-7-14(10)18-9-15(20)19-16(11-2-3-11)12-4-5-12/h6-8,11-12,16,18H,2-5,9H2,1H3,(H,19,20). The number of benzene rings is 1. The predicted molar refractivity (Wildman–Crippen MR) is 82.1 cm³/mol. The topological polar surface area (TPSA) is 41.1 Å². The molecular weight excluding hydrogens is 272 g/mol. The molecular formula is C16H21ClN2O. The zero-order valence-corrected chi connectivity index (χ0v) is 12.5. The molecule has 0 heterocycles. The molecule has 0 unspecified atom stereocenters. The lowest BCUT2D eigenvalue weighted by Crippen LogP contribution is -2.41. The van der Waals surface area contributed by atoms with Crippen LogP contribution in [-0.2, 0) is 4.79 Å². The molecule has 0 aromatic heterocycles. The number of carbonyl (C=O) groups excluding carboxylic acids is 1. The van der Waals surface area contributed by atoms with Crippen LogP contribution in [0.5, 0.6) is 0 Å². The van der Waals surface area contributed by atoms with Gasteiger partial charge < -0.3 is 10.6 Å². The summed E-state index contributed by atoms with van der Waals surface area (Å²) < 4.78 is 0. The van der Waals surface area contributed by atoms with Crippen molar-refractivity contribution >= 4 is 23.2 Å². The molecule has 2 aliphatic carbocycles. The number of halogens is 1. The Balaban J connectivity index is 1.51. The van der Waals surface area contributed by atoms with E-state index in [4.69, 9.17) is 11.6 Å². The molecule has 1 aromatic rings. The van der Waals surface area contributed by atoms with Gasteiger partial charge in [-0.25, -0.2) is 0 Å². The van der Waals surface area contributed by atoms with Crippen LogP contribution in [0, 0.1) is 18.8 Å². The molecule has 20 heavy (non-hydrogen) atoms. The van der Waals surface area contributed by atoms with E-state index in [2.05, 4.69) is 10.6 Å². The maximum Gasteiger partial charge on any atom is 0.239 e. The summed E-state index contributed by atoms with van der Waals surface area (Å²) in [4.78, 5) is 12.1. The van der Waals surface area contributed by atoms with Gasteiger partial charge in [0.2, 0.25) is 5.91 Å². The Morgan fingerprint density at radius 3 is 2.50 bits per heavy atom. The fourth-order valence-electron chi connectivity index (χ4n) is 2.77. The van der Waals surface area contributed by atoms with Crippen LogP contribution in [0.3, 0.4) is 0 Å². The van der Waals surface area contributed by atoms with E-state index in [-0.39, 0.29) is 5.91 Å². The number of hydrogen-bond donors (Lipinski definition) is 2. The Bertz CT molecular complexity index is 497. The van der Waals surface area contributed by atoms with Crippen molar-refractivity contribution in [1.29, 1.82) is 0 Å². The highest BCUT2D eigenvalue weighted by Crippen LogP contribution is 2.44. The van der Waals surface area contributed by atoms with E-state index < -0.39 is 0 Å². The fraction of sp³-hybridized carbons (Fsp3) is 0.562. The van der Waals surface area contributed by atoms with Gasteiger partial charge in [0.25, 0.3) is 0 Å². The van der Waals surface area contributed by atoms with Crippen molar-refractivity contribution < 1.29 is 4.79 Å². The summed E-state index contributed by atoms with van der Waals surface area (Å²) in [7, 11) is 0. The van der Waals surface area contributed by atoms with Crippen LogP contribution in [0.4, 0.5) is 5.69 Å². The van der Waals surface area contributed by atoms with Gasteiger partial charge in [0.05, 0.1) is 6.54 Å². The lowest BCUT2D eigenvalue weighted by atomic mass is 10.1. The van der Waals surface area contributed by atoms with Gasteiger partial charge in [-0.15, -0.1) is 0 Å². The summed E-state index contributed by atoms with van der Waals surface area (Å²) in [6, 6.07) is 6.09. The van der Waals surface area contributed by atoms with Crippen LogP contribution in [0.25, 0.3) is 0 Å². The number of rotatable bonds is 6. The zero-order valence-electron chi connectivity index (χ0n) is 11.8. The van der Waals surface area contributed by atoms with Gasteiger partial charge in [-0.3, -0.25) is 4.79 Å². The molecule has 108 valence electrons. The molecule has 0 bridgehead atoms. The maximum atomic E-state index is 12.1. The van der Waals surface area contributed by atoms with Crippen molar-refractivity contribution in [3.63, 3.8) is 0 Å². The Labute approximate surface area is 125 Å². The fourth-order valence-corrected chi connectivity index (χ4v) is 3.00. The van der Waals surface area contributed by atoms with Crippen molar-refractivity contribution in [3.8, 4) is 0 Å². The summed E-state index contributed by atoms with van der Waals surface area (Å²) in [5.41, 5.74) is 2.03. The summed E-state index contributed by atoms with van der Waals surface area (Å²) in [6.07, 6.45) is 5.13. The first kappa shape index (κ1) is 13.7. The Kier molecular flexibility index (Phi) is 3.88. The second kappa shape index (κ2) is 5.65. The van der Waals surface area contributed by atoms with E-state index in [9.17, 15) is 4.79 Å². The minimum atomic E-state index is 0.100. The summed E-state index contributed by atoms with van der Waals surface area (Å²) in [6.45, 7) is 2.32. The monoisotopic (exact) mass is 292 g/mol. The smallest absolute Gasteiger partial charge is 0.239 e. The van der Waals surface area contributed by atoms with Gasteiger partial charge in [0, 0.05) is 16.8 Å². The number of amides is 1. The minimum Gasteiger partial charge on any atom is -0.376 e. The predicted octanol–water partition coefficient (Wildman–Crippen LogP) is 3.37. The van der Waals surface area contributed by atoms with Gasteiger partial charge in [-0.1, -0.05) is 11.6 Å². The SMILES string of the molecule is Cc1cc(Cl)ccc1NCC(=O)NC(C1CC1)C1CC1. The summed E-state index contributed by atoms with van der Waals surface area (Å²) in [5, 5.41) is 7.13. The number of anilines is 1. The highest BCUT2D eigenvalue weighted by Gasteiger charge is 2.42. The molecule has 2 N–H and O–H groups in total. The number of nitrogens with one attached hydrogen (secondary N) is 2. The third kappa shape index (κ3) is 3.45. The van der Waals surface area contributed by atoms with Gasteiger partial charge in [-0.2, -0.15) is 0 Å². The van der Waals surface area contributed by atoms with Gasteiger partial charge in [-0.05, 0) is 68.2 Å². The third-order valence-corrected chi connectivity index (χ3v) is 4.45. The van der Waals surface area contributed by atoms with E-state index in [1.807, 2.05) is 25.1 Å². The molecule has 1 amide bonds. The van der Waals surface area contributed by atoms with E-state index in [0.717, 1.165) is 28.1 Å². The summed E-state index contributed by atoms with van der Waals surface area (Å²) >= 11 is 5.92. The molecule has 2 saturated carbocycles. The maximum absolute atomic E-state index is 12.1. The molecule has 0 aliphatic heterocycles. The summed E-state index contributed by atoms with van der Waals surface area (Å²) in [5.74, 6) is 1.58. The van der Waals surface area contributed by atoms with Gasteiger partial charge in [0.1, 0.15) is 0 Å². The average molecular weight is 293 g/mol. The van der Waals surface area contributed by atoms with Crippen molar-refractivity contribution in [2.24, 2.45) is 11.8 Å². The third-order valence-electron chi connectivity index (χ3n) is 4.22. The lowest BCUT2D eigenvalue weighted by Gasteiger charge is -2.18. The van der Waals surface area contributed by atoms with E-state index in [0.29, 0.717) is 12.6 Å². The van der Waals surface area contributed by atoms with Crippen LogP contribution in [-0.4, -0.2) is 18.5 Å². The van der Waals surface area contributed by atoms with E-state index >= 15 is 0 Å². The number of aryl methyl sites for hydroxylation is 1. The molecule has 0 spiro atoms. The van der Waals surface area contributed by atoms with Crippen molar-refractivity contribution in [3.05, 3.63) is 28.8 Å². The molecule has 3 rings (SSSR count). The minimum absolute atomic E-state index is 0.100. The number of carbonyl (C=O) groups is 1. The molecule has 0 atom stereocenters. The molecule has 3 nitrogen and oxygen atoms in total. The lowest BCUT2D eigenvalue weighted by molar-refractivity contribution is -0.120. The quantitative estimate of drug-likeness (QED) is 0.844. The Morgan fingerprint density at radius 1 is 1.30 bits per heavy atom. The second-order valence-corrected chi connectivity index (χ2v) is 6.52. The van der Waals surface area contributed by atoms with Crippen LogP contribution < -0.4 is 10.6 Å². The second-order valence-electron chi connectivity index (χ2n) is 6.08. The highest BCUT2D eigenvalue weighted by atomic mass is 35.5. The normalized spacial score (nSPS) is 18.1. The zero-order chi connectivity index (χ0) is 14.1. The van der Waals surface area contributed by atoms with Gasteiger partial charge in [0.15, 0.2) is 0 Å². The first-order chi connectivity index (χ1) is 9.63. The molecule has 2 fully saturated rings. The van der Waals surface area contributed by atoms with Crippen LogP contribution in [0.15, 0.2) is 18.2 Å². The molecule has 0 saturated heterocycles. The van der Waals surface area contributed by atoms with Crippen molar-refractivity contribution in [2.75, 3.05) is 11.9 Å². The molecule has 4 heteroatoms. The molecule has 1 aromatic carbocycles. The molecule has 0 radical (unpaired) electrons. The highest BCUT2D eigenvalue weighted by molar-refractivity contribution is 6.30. The molecule has 2 aliphatic rings. The van der Waals surface area contributed by atoms with Crippen molar-refractivity contribution in [1.82, 2.24) is 5.32 Å². The first-order valence-corrected chi connectivity index (χ1v) is 7.80. The Morgan fingerprint density at radius 2 is 1.95 bits per heavy atom. The van der Waals surface area contributed by atoms with Crippen LogP contribution >= 0.6 is 11.6 Å². The van der Waals surface area contributed by atoms with Crippen LogP contribution in [0.1, 0.15) is 31.2 Å². The van der Waals surface area contributed by atoms with Gasteiger partial charge >= 0.3 is 0 Å². The van der Waals surface area contributed by atoms with E-state index in [1.54, 1.807) is 0 Å². The van der Waals surface area contributed by atoms with Crippen molar-refractivity contribution in [2.45, 2.75) is 38.6 Å². The van der Waals surface area contributed by atoms with Crippen LogP contribution in [0.2, 0.25) is 5.02 Å². The largest absolute Gasteiger partial charge is 0.376 e. The Hall–Kier alpha value is -1.22. The first-order valence-electron chi connectivity index (χ1n) is 7.43. The van der Waals surface area contributed by atoms with E-state index in [1.165, 1.54) is 25.7 Å².